The van der Waals surface area contributed by atoms with Gasteiger partial charge in [-0.25, -0.2) is 4.79 Å². The van der Waals surface area contributed by atoms with Crippen LogP contribution in [-0.4, -0.2) is 44.2 Å². The van der Waals surface area contributed by atoms with Gasteiger partial charge < -0.3 is 9.47 Å². The average Bonchev–Trinajstić information content (AvgIpc) is 2.48. The Hall–Kier alpha value is -1.55. The maximum atomic E-state index is 11.8. The Bertz CT molecular complexity index is 396. The Kier molecular flexibility index (Phi) is 5.21. The summed E-state index contributed by atoms with van der Waals surface area (Å²) in [6, 6.07) is 6.98. The molecular weight excluding hydrogens is 242 g/mol. The van der Waals surface area contributed by atoms with E-state index in [-0.39, 0.29) is 5.97 Å². The largest absolute Gasteiger partial charge is 0.497 e. The van der Waals surface area contributed by atoms with E-state index in [4.69, 9.17) is 9.47 Å². The monoisotopic (exact) mass is 263 g/mol. The molecule has 0 atom stereocenters. The summed E-state index contributed by atoms with van der Waals surface area (Å²) >= 11 is 0. The molecule has 1 heterocycles. The molecule has 4 nitrogen and oxygen atoms in total. The Morgan fingerprint density at radius 1 is 1.16 bits per heavy atom. The standard InChI is InChI=1S/C15H21NO3/c1-18-14-7-5-13(6-8-14)15(17)19-12-11-16-9-3-2-4-10-16/h5-8H,2-4,9-12H2,1H3. The van der Waals surface area contributed by atoms with Crippen LogP contribution in [0.3, 0.4) is 0 Å². The second-order valence-electron chi connectivity index (χ2n) is 4.77. The van der Waals surface area contributed by atoms with Crippen LogP contribution in [0.25, 0.3) is 0 Å². The number of hydrogen-bond donors (Lipinski definition) is 0. The number of rotatable bonds is 5. The first-order valence-electron chi connectivity index (χ1n) is 6.83. The molecule has 1 saturated heterocycles. The summed E-state index contributed by atoms with van der Waals surface area (Å²) in [6.45, 7) is 3.55. The SMILES string of the molecule is COc1ccc(C(=O)OCCN2CCCCC2)cc1. The molecule has 0 aromatic heterocycles. The van der Waals surface area contributed by atoms with E-state index in [0.29, 0.717) is 12.2 Å². The Balaban J connectivity index is 1.73. The second-order valence-corrected chi connectivity index (χ2v) is 4.77. The van der Waals surface area contributed by atoms with Gasteiger partial charge in [-0.05, 0) is 50.2 Å². The third-order valence-corrected chi connectivity index (χ3v) is 3.42. The van der Waals surface area contributed by atoms with Crippen LogP contribution in [0.4, 0.5) is 0 Å². The maximum absolute atomic E-state index is 11.8. The van der Waals surface area contributed by atoms with E-state index in [2.05, 4.69) is 4.90 Å². The highest BCUT2D eigenvalue weighted by Crippen LogP contribution is 2.12. The fraction of sp³-hybridized carbons (Fsp3) is 0.533. The van der Waals surface area contributed by atoms with E-state index in [1.54, 1.807) is 31.4 Å². The summed E-state index contributed by atoms with van der Waals surface area (Å²) in [7, 11) is 1.60. The van der Waals surface area contributed by atoms with Crippen LogP contribution >= 0.6 is 0 Å². The Labute approximate surface area is 114 Å². The lowest BCUT2D eigenvalue weighted by Crippen LogP contribution is -2.33. The highest BCUT2D eigenvalue weighted by molar-refractivity contribution is 5.89. The third-order valence-electron chi connectivity index (χ3n) is 3.42. The topological polar surface area (TPSA) is 38.8 Å². The normalized spacial score (nSPS) is 16.1. The highest BCUT2D eigenvalue weighted by Gasteiger charge is 2.11. The number of piperidine rings is 1. The zero-order chi connectivity index (χ0) is 13.5. The van der Waals surface area contributed by atoms with E-state index in [1.807, 2.05) is 0 Å². The van der Waals surface area contributed by atoms with Crippen LogP contribution in [0.2, 0.25) is 0 Å². The van der Waals surface area contributed by atoms with Gasteiger partial charge in [-0.1, -0.05) is 6.42 Å². The van der Waals surface area contributed by atoms with Gasteiger partial charge in [0.05, 0.1) is 12.7 Å². The van der Waals surface area contributed by atoms with Crippen molar-refractivity contribution in [3.8, 4) is 5.75 Å². The van der Waals surface area contributed by atoms with Crippen LogP contribution in [-0.2, 0) is 4.74 Å². The van der Waals surface area contributed by atoms with Gasteiger partial charge in [0.2, 0.25) is 0 Å². The summed E-state index contributed by atoms with van der Waals surface area (Å²) in [5, 5.41) is 0. The fourth-order valence-corrected chi connectivity index (χ4v) is 2.26. The average molecular weight is 263 g/mol. The Morgan fingerprint density at radius 2 is 1.84 bits per heavy atom. The molecule has 1 aliphatic heterocycles. The van der Waals surface area contributed by atoms with Crippen LogP contribution in [0.5, 0.6) is 5.75 Å². The van der Waals surface area contributed by atoms with Gasteiger partial charge in [0.15, 0.2) is 0 Å². The molecule has 1 aromatic rings. The van der Waals surface area contributed by atoms with E-state index < -0.39 is 0 Å². The summed E-state index contributed by atoms with van der Waals surface area (Å²) < 4.78 is 10.3. The van der Waals surface area contributed by atoms with Crippen molar-refractivity contribution in [2.75, 3.05) is 33.4 Å². The number of likely N-dealkylation sites (tertiary alicyclic amines) is 1. The molecule has 0 saturated carbocycles. The molecule has 0 spiro atoms. The predicted octanol–water partition coefficient (Wildman–Crippen LogP) is 2.34. The van der Waals surface area contributed by atoms with E-state index in [0.717, 1.165) is 25.4 Å². The van der Waals surface area contributed by atoms with E-state index in [1.165, 1.54) is 19.3 Å². The van der Waals surface area contributed by atoms with Crippen LogP contribution < -0.4 is 4.74 Å². The molecule has 0 aliphatic carbocycles. The lowest BCUT2D eigenvalue weighted by Gasteiger charge is -2.25. The summed E-state index contributed by atoms with van der Waals surface area (Å²) in [4.78, 5) is 14.2. The van der Waals surface area contributed by atoms with Crippen molar-refractivity contribution in [3.05, 3.63) is 29.8 Å². The van der Waals surface area contributed by atoms with Crippen molar-refractivity contribution in [2.24, 2.45) is 0 Å². The molecule has 2 rings (SSSR count). The van der Waals surface area contributed by atoms with Gasteiger partial charge in [-0.3, -0.25) is 4.90 Å². The van der Waals surface area contributed by atoms with Gasteiger partial charge >= 0.3 is 5.97 Å². The second kappa shape index (κ2) is 7.14. The minimum atomic E-state index is -0.264. The number of methoxy groups -OCH3 is 1. The third kappa shape index (κ3) is 4.24. The Morgan fingerprint density at radius 3 is 2.47 bits per heavy atom. The minimum absolute atomic E-state index is 0.264. The van der Waals surface area contributed by atoms with Gasteiger partial charge in [0, 0.05) is 6.54 Å². The molecule has 0 N–H and O–H groups in total. The number of carbonyl (C=O) groups excluding carboxylic acids is 1. The molecule has 0 amide bonds. The summed E-state index contributed by atoms with van der Waals surface area (Å²) in [5.74, 6) is 0.476. The zero-order valence-electron chi connectivity index (χ0n) is 11.4. The van der Waals surface area contributed by atoms with Crippen molar-refractivity contribution in [2.45, 2.75) is 19.3 Å². The van der Waals surface area contributed by atoms with Gasteiger partial charge in [-0.15, -0.1) is 0 Å². The number of nitrogens with zero attached hydrogens (tertiary/aromatic N) is 1. The number of carbonyl (C=O) groups is 1. The molecule has 4 heteroatoms. The van der Waals surface area contributed by atoms with E-state index >= 15 is 0 Å². The first-order chi connectivity index (χ1) is 9.29. The van der Waals surface area contributed by atoms with Crippen molar-refractivity contribution in [1.82, 2.24) is 4.90 Å². The van der Waals surface area contributed by atoms with Crippen molar-refractivity contribution in [1.29, 1.82) is 0 Å². The fourth-order valence-electron chi connectivity index (χ4n) is 2.26. The summed E-state index contributed by atoms with van der Waals surface area (Å²) in [6.07, 6.45) is 3.83. The molecule has 1 aliphatic rings. The molecule has 1 aromatic carbocycles. The number of esters is 1. The van der Waals surface area contributed by atoms with Gasteiger partial charge in [-0.2, -0.15) is 0 Å². The minimum Gasteiger partial charge on any atom is -0.497 e. The number of benzene rings is 1. The first kappa shape index (κ1) is 13.9. The van der Waals surface area contributed by atoms with Crippen molar-refractivity contribution >= 4 is 5.97 Å². The lowest BCUT2D eigenvalue weighted by molar-refractivity contribution is 0.0452. The van der Waals surface area contributed by atoms with Crippen molar-refractivity contribution in [3.63, 3.8) is 0 Å². The van der Waals surface area contributed by atoms with Crippen molar-refractivity contribution < 1.29 is 14.3 Å². The molecular formula is C15H21NO3. The quantitative estimate of drug-likeness (QED) is 0.764. The molecule has 19 heavy (non-hydrogen) atoms. The molecule has 0 bridgehead atoms. The molecule has 104 valence electrons. The predicted molar refractivity (Wildman–Crippen MR) is 73.6 cm³/mol. The highest BCUT2D eigenvalue weighted by atomic mass is 16.5. The van der Waals surface area contributed by atoms with E-state index in [9.17, 15) is 4.79 Å². The van der Waals surface area contributed by atoms with Crippen LogP contribution in [0.15, 0.2) is 24.3 Å². The first-order valence-corrected chi connectivity index (χ1v) is 6.83. The van der Waals surface area contributed by atoms with Crippen LogP contribution in [0, 0.1) is 0 Å². The van der Waals surface area contributed by atoms with Crippen LogP contribution in [0.1, 0.15) is 29.6 Å². The smallest absolute Gasteiger partial charge is 0.338 e. The number of ether oxygens (including phenoxy) is 2. The summed E-state index contributed by atoms with van der Waals surface area (Å²) in [5.41, 5.74) is 0.569. The van der Waals surface area contributed by atoms with Gasteiger partial charge in [0.25, 0.3) is 0 Å². The molecule has 1 fully saturated rings. The zero-order valence-corrected chi connectivity index (χ0v) is 11.4. The lowest BCUT2D eigenvalue weighted by atomic mass is 10.1. The maximum Gasteiger partial charge on any atom is 0.338 e. The molecule has 0 unspecified atom stereocenters. The van der Waals surface area contributed by atoms with Gasteiger partial charge in [0.1, 0.15) is 12.4 Å². The number of hydrogen-bond acceptors (Lipinski definition) is 4. The molecule has 0 radical (unpaired) electrons.